The molecule has 0 aromatic carbocycles. The Morgan fingerprint density at radius 1 is 1.67 bits per heavy atom. The number of aromatic nitrogens is 2. The van der Waals surface area contributed by atoms with Crippen LogP contribution in [0.2, 0.25) is 0 Å². The molecule has 0 spiro atoms. The minimum absolute atomic E-state index is 0.411. The molecule has 12 heavy (non-hydrogen) atoms. The van der Waals surface area contributed by atoms with Crippen LogP contribution in [0.15, 0.2) is 12.5 Å². The monoisotopic (exact) mass is 165 g/mol. The first-order chi connectivity index (χ1) is 5.74. The van der Waals surface area contributed by atoms with Gasteiger partial charge in [-0.05, 0) is 31.2 Å². The Bertz CT molecular complexity index is 273. The standard InChI is InChI=1S/C9H15N3/c1-12-5-8(11-7-12)4-9(6-10)2-3-9/h5,7H,2-4,6,10H2,1H3. The van der Waals surface area contributed by atoms with E-state index < -0.39 is 0 Å². The van der Waals surface area contributed by atoms with Crippen LogP contribution in [0, 0.1) is 5.41 Å². The molecule has 1 aromatic rings. The second-order valence-corrected chi connectivity index (χ2v) is 3.91. The lowest BCUT2D eigenvalue weighted by atomic mass is 10.0. The molecular weight excluding hydrogens is 150 g/mol. The third-order valence-corrected chi connectivity index (χ3v) is 2.70. The van der Waals surface area contributed by atoms with Gasteiger partial charge < -0.3 is 10.3 Å². The van der Waals surface area contributed by atoms with Crippen molar-refractivity contribution in [2.24, 2.45) is 18.2 Å². The summed E-state index contributed by atoms with van der Waals surface area (Å²) in [6, 6.07) is 0. The molecule has 0 atom stereocenters. The second kappa shape index (κ2) is 2.59. The molecule has 0 amide bonds. The lowest BCUT2D eigenvalue weighted by molar-refractivity contribution is 0.515. The van der Waals surface area contributed by atoms with Crippen molar-refractivity contribution >= 4 is 0 Å². The highest BCUT2D eigenvalue weighted by molar-refractivity contribution is 5.07. The van der Waals surface area contributed by atoms with E-state index in [-0.39, 0.29) is 0 Å². The first kappa shape index (κ1) is 7.80. The van der Waals surface area contributed by atoms with Gasteiger partial charge in [-0.1, -0.05) is 0 Å². The largest absolute Gasteiger partial charge is 0.340 e. The fourth-order valence-corrected chi connectivity index (χ4v) is 1.57. The van der Waals surface area contributed by atoms with Crippen LogP contribution in [-0.2, 0) is 13.5 Å². The van der Waals surface area contributed by atoms with Crippen molar-refractivity contribution in [3.8, 4) is 0 Å². The van der Waals surface area contributed by atoms with Crippen LogP contribution in [0.4, 0.5) is 0 Å². The van der Waals surface area contributed by atoms with Crippen molar-refractivity contribution < 1.29 is 0 Å². The van der Waals surface area contributed by atoms with E-state index in [2.05, 4.69) is 11.2 Å². The summed E-state index contributed by atoms with van der Waals surface area (Å²) in [6.07, 6.45) is 7.54. The number of nitrogens with two attached hydrogens (primary N) is 1. The van der Waals surface area contributed by atoms with Gasteiger partial charge in [0, 0.05) is 13.2 Å². The Balaban J connectivity index is 2.04. The fraction of sp³-hybridized carbons (Fsp3) is 0.667. The van der Waals surface area contributed by atoms with Crippen LogP contribution in [0.3, 0.4) is 0 Å². The maximum atomic E-state index is 5.69. The summed E-state index contributed by atoms with van der Waals surface area (Å²) in [5.74, 6) is 0. The van der Waals surface area contributed by atoms with Crippen LogP contribution in [-0.4, -0.2) is 16.1 Å². The summed E-state index contributed by atoms with van der Waals surface area (Å²) in [6.45, 7) is 0.809. The molecular formula is C9H15N3. The van der Waals surface area contributed by atoms with Gasteiger partial charge in [-0.25, -0.2) is 4.98 Å². The third kappa shape index (κ3) is 1.37. The zero-order chi connectivity index (χ0) is 8.60. The Hall–Kier alpha value is -0.830. The number of aryl methyl sites for hydroxylation is 1. The Kier molecular flexibility index (Phi) is 1.68. The van der Waals surface area contributed by atoms with Gasteiger partial charge in [-0.3, -0.25) is 0 Å². The van der Waals surface area contributed by atoms with Crippen LogP contribution in [0.5, 0.6) is 0 Å². The van der Waals surface area contributed by atoms with E-state index >= 15 is 0 Å². The Morgan fingerprint density at radius 2 is 2.42 bits per heavy atom. The minimum Gasteiger partial charge on any atom is -0.340 e. The molecule has 0 unspecified atom stereocenters. The van der Waals surface area contributed by atoms with Gasteiger partial charge in [0.1, 0.15) is 0 Å². The highest BCUT2D eigenvalue weighted by atomic mass is 15.0. The molecule has 1 aliphatic rings. The van der Waals surface area contributed by atoms with E-state index in [0.717, 1.165) is 13.0 Å². The lowest BCUT2D eigenvalue weighted by Crippen LogP contribution is -2.18. The van der Waals surface area contributed by atoms with Gasteiger partial charge in [-0.15, -0.1) is 0 Å². The van der Waals surface area contributed by atoms with E-state index in [4.69, 9.17) is 5.73 Å². The van der Waals surface area contributed by atoms with E-state index in [1.165, 1.54) is 18.5 Å². The van der Waals surface area contributed by atoms with Gasteiger partial charge in [0.25, 0.3) is 0 Å². The predicted octanol–water partition coefficient (Wildman–Crippen LogP) is 0.701. The maximum Gasteiger partial charge on any atom is 0.0946 e. The molecule has 1 fully saturated rings. The predicted molar refractivity (Wildman–Crippen MR) is 47.6 cm³/mol. The number of imidazole rings is 1. The smallest absolute Gasteiger partial charge is 0.0946 e. The van der Waals surface area contributed by atoms with Gasteiger partial charge in [0.2, 0.25) is 0 Å². The third-order valence-electron chi connectivity index (χ3n) is 2.70. The zero-order valence-corrected chi connectivity index (χ0v) is 7.45. The minimum atomic E-state index is 0.411. The Morgan fingerprint density at radius 3 is 2.83 bits per heavy atom. The number of hydrogen-bond acceptors (Lipinski definition) is 2. The number of rotatable bonds is 3. The molecule has 1 heterocycles. The molecule has 0 radical (unpaired) electrons. The van der Waals surface area contributed by atoms with Crippen molar-refractivity contribution in [3.05, 3.63) is 18.2 Å². The van der Waals surface area contributed by atoms with Gasteiger partial charge in [-0.2, -0.15) is 0 Å². The first-order valence-electron chi connectivity index (χ1n) is 4.41. The molecule has 1 aromatic heterocycles. The average Bonchev–Trinajstić information content (AvgIpc) is 2.71. The van der Waals surface area contributed by atoms with Crippen molar-refractivity contribution in [1.29, 1.82) is 0 Å². The van der Waals surface area contributed by atoms with Crippen molar-refractivity contribution in [1.82, 2.24) is 9.55 Å². The normalized spacial score (nSPS) is 19.5. The summed E-state index contributed by atoms with van der Waals surface area (Å²) in [7, 11) is 2.00. The summed E-state index contributed by atoms with van der Waals surface area (Å²) in [4.78, 5) is 4.30. The highest BCUT2D eigenvalue weighted by Gasteiger charge is 2.41. The van der Waals surface area contributed by atoms with Gasteiger partial charge in [0.05, 0.1) is 12.0 Å². The molecule has 2 rings (SSSR count). The fourth-order valence-electron chi connectivity index (χ4n) is 1.57. The SMILES string of the molecule is Cn1cnc(CC2(CN)CC2)c1. The highest BCUT2D eigenvalue weighted by Crippen LogP contribution is 2.46. The number of hydrogen-bond donors (Lipinski definition) is 1. The van der Waals surface area contributed by atoms with Gasteiger partial charge in [0.15, 0.2) is 0 Å². The van der Waals surface area contributed by atoms with E-state index in [0.29, 0.717) is 5.41 Å². The van der Waals surface area contributed by atoms with Gasteiger partial charge >= 0.3 is 0 Å². The van der Waals surface area contributed by atoms with Crippen LogP contribution in [0.25, 0.3) is 0 Å². The average molecular weight is 165 g/mol. The molecule has 0 saturated heterocycles. The maximum absolute atomic E-state index is 5.69. The number of nitrogens with zero attached hydrogens (tertiary/aromatic N) is 2. The van der Waals surface area contributed by atoms with Crippen LogP contribution in [0.1, 0.15) is 18.5 Å². The lowest BCUT2D eigenvalue weighted by Gasteiger charge is -2.08. The molecule has 1 aliphatic carbocycles. The van der Waals surface area contributed by atoms with Crippen LogP contribution >= 0.6 is 0 Å². The zero-order valence-electron chi connectivity index (χ0n) is 7.45. The van der Waals surface area contributed by atoms with E-state index in [1.54, 1.807) is 0 Å². The summed E-state index contributed by atoms with van der Waals surface area (Å²) >= 11 is 0. The van der Waals surface area contributed by atoms with Crippen molar-refractivity contribution in [2.75, 3.05) is 6.54 Å². The summed E-state index contributed by atoms with van der Waals surface area (Å²) in [5, 5.41) is 0. The van der Waals surface area contributed by atoms with Crippen molar-refractivity contribution in [3.63, 3.8) is 0 Å². The Labute approximate surface area is 72.6 Å². The molecule has 0 bridgehead atoms. The molecule has 1 saturated carbocycles. The molecule has 0 aliphatic heterocycles. The van der Waals surface area contributed by atoms with Crippen molar-refractivity contribution in [2.45, 2.75) is 19.3 Å². The molecule has 66 valence electrons. The topological polar surface area (TPSA) is 43.8 Å². The first-order valence-corrected chi connectivity index (χ1v) is 4.41. The quantitative estimate of drug-likeness (QED) is 0.716. The summed E-state index contributed by atoms with van der Waals surface area (Å²) < 4.78 is 1.99. The summed E-state index contributed by atoms with van der Waals surface area (Å²) in [5.41, 5.74) is 7.28. The second-order valence-electron chi connectivity index (χ2n) is 3.91. The van der Waals surface area contributed by atoms with Crippen LogP contribution < -0.4 is 5.73 Å². The molecule has 3 heteroatoms. The molecule has 3 nitrogen and oxygen atoms in total. The van der Waals surface area contributed by atoms with E-state index in [9.17, 15) is 0 Å². The molecule has 2 N–H and O–H groups in total. The van der Waals surface area contributed by atoms with E-state index in [1.807, 2.05) is 17.9 Å².